The predicted molar refractivity (Wildman–Crippen MR) is 141 cm³/mol. The highest BCUT2D eigenvalue weighted by Crippen LogP contribution is 2.28. The number of allylic oxidation sites excluding steroid dienone is 1. The van der Waals surface area contributed by atoms with E-state index in [1.165, 1.54) is 10.8 Å². The summed E-state index contributed by atoms with van der Waals surface area (Å²) in [5, 5.41) is 11.6. The van der Waals surface area contributed by atoms with Gasteiger partial charge in [0.15, 0.2) is 0 Å². The smallest absolute Gasteiger partial charge is 0.293 e. The number of carbonyl (C=O) groups is 1. The lowest BCUT2D eigenvalue weighted by Crippen LogP contribution is -2.22. The van der Waals surface area contributed by atoms with Crippen molar-refractivity contribution >= 4 is 46.7 Å². The summed E-state index contributed by atoms with van der Waals surface area (Å²) in [6.45, 7) is 3.77. The van der Waals surface area contributed by atoms with Gasteiger partial charge in [-0.1, -0.05) is 59.6 Å². The van der Waals surface area contributed by atoms with Crippen LogP contribution in [0, 0.1) is 19.3 Å². The zero-order valence-corrected chi connectivity index (χ0v) is 20.6. The third-order valence-corrected chi connectivity index (χ3v) is 5.86. The molecule has 4 rings (SSSR count). The lowest BCUT2D eigenvalue weighted by molar-refractivity contribution is -0.114. The van der Waals surface area contributed by atoms with E-state index < -0.39 is 5.91 Å². The second-order valence-electron chi connectivity index (χ2n) is 7.72. The summed E-state index contributed by atoms with van der Waals surface area (Å²) in [6.07, 6.45) is 2.46. The molecule has 176 valence electrons. The van der Waals surface area contributed by atoms with Crippen LogP contribution in [0.4, 0.5) is 5.69 Å². The van der Waals surface area contributed by atoms with E-state index in [-0.39, 0.29) is 16.6 Å². The number of hydrogen-bond donors (Lipinski definition) is 2. The highest BCUT2D eigenvalue weighted by atomic mass is 35.5. The number of amides is 1. The topological polar surface area (TPSA) is 80.0 Å². The maximum atomic E-state index is 13.3. The van der Waals surface area contributed by atoms with Crippen LogP contribution < -0.4 is 10.1 Å². The van der Waals surface area contributed by atoms with Crippen molar-refractivity contribution in [1.29, 1.82) is 5.41 Å². The molecule has 1 aromatic heterocycles. The Balaban J connectivity index is 1.73. The van der Waals surface area contributed by atoms with E-state index in [9.17, 15) is 4.79 Å². The van der Waals surface area contributed by atoms with Crippen LogP contribution in [-0.4, -0.2) is 21.7 Å². The minimum atomic E-state index is -0.557. The lowest BCUT2D eigenvalue weighted by Gasteiger charge is -2.16. The maximum absolute atomic E-state index is 13.3. The number of nitrogens with zero attached hydrogens (tertiary/aromatic N) is 2. The Kier molecular flexibility index (Phi) is 7.34. The van der Waals surface area contributed by atoms with Crippen molar-refractivity contribution in [1.82, 2.24) is 9.55 Å². The normalized spacial score (nSPS) is 11.5. The molecule has 6 nitrogen and oxygen atoms in total. The molecule has 0 unspecified atom stereocenters. The van der Waals surface area contributed by atoms with Crippen LogP contribution >= 0.6 is 23.2 Å². The molecule has 0 aliphatic rings. The largest absolute Gasteiger partial charge is 0.449 e. The molecule has 1 heterocycles. The Bertz CT molecular complexity index is 1390. The van der Waals surface area contributed by atoms with E-state index in [2.05, 4.69) is 23.3 Å². The number of hydrogen-bond acceptors (Lipinski definition) is 4. The predicted octanol–water partition coefficient (Wildman–Crippen LogP) is 7.01. The lowest BCUT2D eigenvalue weighted by atomic mass is 10.0. The summed E-state index contributed by atoms with van der Waals surface area (Å²) < 4.78 is 7.54. The van der Waals surface area contributed by atoms with Crippen molar-refractivity contribution in [3.05, 3.63) is 106 Å². The van der Waals surface area contributed by atoms with Crippen LogP contribution in [0.2, 0.25) is 10.2 Å². The number of nitrogens with one attached hydrogen (secondary N) is 2. The number of aryl methyl sites for hydroxylation is 2. The highest BCUT2D eigenvalue weighted by Gasteiger charge is 2.22. The molecule has 0 aliphatic carbocycles. The van der Waals surface area contributed by atoms with Gasteiger partial charge >= 0.3 is 0 Å². The monoisotopic (exact) mass is 504 g/mol. The second kappa shape index (κ2) is 10.6. The van der Waals surface area contributed by atoms with Gasteiger partial charge in [-0.3, -0.25) is 9.36 Å². The van der Waals surface area contributed by atoms with Gasteiger partial charge in [0.05, 0.1) is 6.20 Å². The van der Waals surface area contributed by atoms with Crippen molar-refractivity contribution in [2.24, 2.45) is 0 Å². The van der Waals surface area contributed by atoms with Gasteiger partial charge in [0, 0.05) is 16.9 Å². The standard InChI is InChI=1S/C27H22Cl2N4O2/c1-17-5-3-4-6-23(17)19-7-13-22(14-8-19)35-26(24(15-30)33-18(2)31-16-25(33)29)27(34)32-21-11-9-20(28)10-12-21/h3-16,30H,1-2H3,(H,32,34)/b26-24-,30-15?. The maximum Gasteiger partial charge on any atom is 0.293 e. The minimum absolute atomic E-state index is 0.110. The van der Waals surface area contributed by atoms with Gasteiger partial charge in [0.25, 0.3) is 5.91 Å². The number of carbonyl (C=O) groups excluding carboxylic acids is 1. The zero-order valence-electron chi connectivity index (χ0n) is 19.0. The number of aromatic nitrogens is 2. The summed E-state index contributed by atoms with van der Waals surface area (Å²) in [7, 11) is 0. The van der Waals surface area contributed by atoms with Crippen molar-refractivity contribution < 1.29 is 9.53 Å². The average Bonchev–Trinajstić information content (AvgIpc) is 3.19. The molecule has 0 aliphatic heterocycles. The van der Waals surface area contributed by atoms with Gasteiger partial charge in [-0.15, -0.1) is 0 Å². The van der Waals surface area contributed by atoms with Gasteiger partial charge in [-0.2, -0.15) is 0 Å². The van der Waals surface area contributed by atoms with E-state index in [0.717, 1.165) is 22.9 Å². The van der Waals surface area contributed by atoms with E-state index in [1.807, 2.05) is 30.3 Å². The molecular weight excluding hydrogens is 483 g/mol. The van der Waals surface area contributed by atoms with Crippen molar-refractivity contribution in [3.63, 3.8) is 0 Å². The fourth-order valence-electron chi connectivity index (χ4n) is 3.59. The average molecular weight is 505 g/mol. The SMILES string of the molecule is Cc1ccccc1-c1ccc(O/C(C(=O)Nc2ccc(Cl)cc2)=C(/C=N)n2c(Cl)cnc2C)cc1. The third kappa shape index (κ3) is 5.45. The van der Waals surface area contributed by atoms with Crippen LogP contribution in [0.25, 0.3) is 16.8 Å². The molecular formula is C27H22Cl2N4O2. The molecule has 4 aromatic rings. The molecule has 3 aromatic carbocycles. The number of rotatable bonds is 7. The molecule has 0 atom stereocenters. The molecule has 1 amide bonds. The molecule has 0 bridgehead atoms. The van der Waals surface area contributed by atoms with Gasteiger partial charge in [-0.25, -0.2) is 4.98 Å². The first-order valence-electron chi connectivity index (χ1n) is 10.7. The highest BCUT2D eigenvalue weighted by molar-refractivity contribution is 6.31. The molecule has 35 heavy (non-hydrogen) atoms. The van der Waals surface area contributed by atoms with Crippen LogP contribution in [0.1, 0.15) is 11.4 Å². The summed E-state index contributed by atoms with van der Waals surface area (Å²) >= 11 is 12.3. The van der Waals surface area contributed by atoms with E-state index in [4.69, 9.17) is 33.3 Å². The minimum Gasteiger partial charge on any atom is -0.449 e. The van der Waals surface area contributed by atoms with Crippen LogP contribution in [0.5, 0.6) is 5.75 Å². The molecule has 0 saturated heterocycles. The quantitative estimate of drug-likeness (QED) is 0.161. The van der Waals surface area contributed by atoms with Crippen LogP contribution in [0.3, 0.4) is 0 Å². The van der Waals surface area contributed by atoms with Crippen LogP contribution in [-0.2, 0) is 4.79 Å². The zero-order chi connectivity index (χ0) is 24.9. The Hall–Kier alpha value is -3.87. The second-order valence-corrected chi connectivity index (χ2v) is 8.55. The molecule has 0 spiro atoms. The van der Waals surface area contributed by atoms with E-state index >= 15 is 0 Å². The van der Waals surface area contributed by atoms with Crippen molar-refractivity contribution in [3.8, 4) is 16.9 Å². The van der Waals surface area contributed by atoms with Gasteiger partial charge in [0.1, 0.15) is 22.4 Å². The van der Waals surface area contributed by atoms with Crippen molar-refractivity contribution in [2.75, 3.05) is 5.32 Å². The van der Waals surface area contributed by atoms with Gasteiger partial charge < -0.3 is 15.5 Å². The first-order valence-corrected chi connectivity index (χ1v) is 11.5. The molecule has 8 heteroatoms. The van der Waals surface area contributed by atoms with Crippen LogP contribution in [0.15, 0.2) is 84.8 Å². The Morgan fingerprint density at radius 3 is 2.29 bits per heavy atom. The number of ether oxygens (including phenoxy) is 1. The summed E-state index contributed by atoms with van der Waals surface area (Å²) in [5.74, 6) is 0.264. The summed E-state index contributed by atoms with van der Waals surface area (Å²) in [6, 6.07) is 22.2. The first kappa shape index (κ1) is 24.3. The molecule has 0 saturated carbocycles. The Morgan fingerprint density at radius 1 is 1.00 bits per heavy atom. The summed E-state index contributed by atoms with van der Waals surface area (Å²) in [5.41, 5.74) is 3.94. The molecule has 0 radical (unpaired) electrons. The van der Waals surface area contributed by atoms with E-state index in [1.54, 1.807) is 43.3 Å². The number of halogens is 2. The fourth-order valence-corrected chi connectivity index (χ4v) is 3.98. The fraction of sp³-hybridized carbons (Fsp3) is 0.0741. The van der Waals surface area contributed by atoms with Crippen molar-refractivity contribution in [2.45, 2.75) is 13.8 Å². The third-order valence-electron chi connectivity index (χ3n) is 5.34. The van der Waals surface area contributed by atoms with E-state index in [0.29, 0.717) is 22.3 Å². The molecule has 2 N–H and O–H groups in total. The Morgan fingerprint density at radius 2 is 1.69 bits per heavy atom. The number of anilines is 1. The number of benzene rings is 3. The number of imidazole rings is 1. The molecule has 0 fully saturated rings. The first-order chi connectivity index (χ1) is 16.9. The Labute approximate surface area is 213 Å². The van der Waals surface area contributed by atoms with Gasteiger partial charge in [0.2, 0.25) is 5.76 Å². The summed E-state index contributed by atoms with van der Waals surface area (Å²) in [4.78, 5) is 17.5. The van der Waals surface area contributed by atoms with Gasteiger partial charge in [-0.05, 0) is 66.9 Å².